The summed E-state index contributed by atoms with van der Waals surface area (Å²) in [6, 6.07) is -0.865. The zero-order valence-electron chi connectivity index (χ0n) is 8.69. The number of carboxylic acids is 1. The molecule has 0 saturated carbocycles. The van der Waals surface area contributed by atoms with Gasteiger partial charge >= 0.3 is 5.97 Å². The summed E-state index contributed by atoms with van der Waals surface area (Å²) < 4.78 is -0.546. The van der Waals surface area contributed by atoms with Gasteiger partial charge in [-0.05, 0) is 12.8 Å². The molecule has 0 heterocycles. The van der Waals surface area contributed by atoms with E-state index in [0.29, 0.717) is 0 Å². The molecule has 0 bridgehead atoms. The number of hydrogen-bond acceptors (Lipinski definition) is 3. The summed E-state index contributed by atoms with van der Waals surface area (Å²) in [5.41, 5.74) is 5.59. The van der Waals surface area contributed by atoms with Crippen LogP contribution >= 0.6 is 25.0 Å². The van der Waals surface area contributed by atoms with E-state index >= 15 is 0 Å². The van der Waals surface area contributed by atoms with Gasteiger partial charge in [-0.1, -0.05) is 26.7 Å². The molecule has 14 heavy (non-hydrogen) atoms. The van der Waals surface area contributed by atoms with Gasteiger partial charge in [-0.25, -0.2) is 0 Å². The molecular formula is C9H20ClNO2S. The lowest BCUT2D eigenvalue weighted by atomic mass is 9.90. The molecule has 3 nitrogen and oxygen atoms in total. The first-order valence-electron chi connectivity index (χ1n) is 4.68. The first-order chi connectivity index (χ1) is 5.98. The van der Waals surface area contributed by atoms with Gasteiger partial charge in [-0.3, -0.25) is 4.79 Å². The largest absolute Gasteiger partial charge is 0.480 e. The summed E-state index contributed by atoms with van der Waals surface area (Å²) in [6.45, 7) is 4.02. The van der Waals surface area contributed by atoms with Crippen LogP contribution in [0.1, 0.15) is 39.5 Å². The minimum absolute atomic E-state index is 0. The fraction of sp³-hybridized carbons (Fsp3) is 0.889. The van der Waals surface area contributed by atoms with Gasteiger partial charge < -0.3 is 10.8 Å². The Bertz CT molecular complexity index is 172. The van der Waals surface area contributed by atoms with Crippen LogP contribution in [0.3, 0.4) is 0 Å². The third kappa shape index (κ3) is 4.53. The quantitative estimate of drug-likeness (QED) is 0.624. The number of carboxylic acid groups (broad SMARTS) is 1. The monoisotopic (exact) mass is 241 g/mol. The van der Waals surface area contributed by atoms with Gasteiger partial charge in [0, 0.05) is 4.75 Å². The van der Waals surface area contributed by atoms with Crippen molar-refractivity contribution in [3.05, 3.63) is 0 Å². The van der Waals surface area contributed by atoms with Gasteiger partial charge in [0.15, 0.2) is 0 Å². The van der Waals surface area contributed by atoms with E-state index in [2.05, 4.69) is 12.6 Å². The van der Waals surface area contributed by atoms with E-state index in [0.717, 1.165) is 25.7 Å². The SMILES string of the molecule is CCCC(S)(CCC)C(N)C(=O)O.Cl. The topological polar surface area (TPSA) is 63.3 Å². The van der Waals surface area contributed by atoms with E-state index in [9.17, 15) is 4.79 Å². The Labute approximate surface area is 97.3 Å². The average Bonchev–Trinajstić information content (AvgIpc) is 2.03. The van der Waals surface area contributed by atoms with Crippen molar-refractivity contribution in [2.75, 3.05) is 0 Å². The van der Waals surface area contributed by atoms with Crippen LogP contribution in [0.4, 0.5) is 0 Å². The fourth-order valence-corrected chi connectivity index (χ4v) is 2.09. The van der Waals surface area contributed by atoms with E-state index < -0.39 is 16.8 Å². The van der Waals surface area contributed by atoms with Crippen molar-refractivity contribution >= 4 is 31.0 Å². The Kier molecular flexibility index (Phi) is 8.69. The van der Waals surface area contributed by atoms with Crippen LogP contribution in [0.2, 0.25) is 0 Å². The molecule has 0 radical (unpaired) electrons. The predicted octanol–water partition coefficient (Wildman–Crippen LogP) is 2.09. The third-order valence-corrected chi connectivity index (χ3v) is 2.94. The van der Waals surface area contributed by atoms with Gasteiger partial charge in [-0.15, -0.1) is 12.4 Å². The normalized spacial score (nSPS) is 13.1. The van der Waals surface area contributed by atoms with Gasteiger partial charge in [0.25, 0.3) is 0 Å². The number of thiol groups is 1. The van der Waals surface area contributed by atoms with Crippen molar-refractivity contribution in [1.29, 1.82) is 0 Å². The summed E-state index contributed by atoms with van der Waals surface area (Å²) in [5.74, 6) is -0.961. The van der Waals surface area contributed by atoms with E-state index in [1.54, 1.807) is 0 Å². The summed E-state index contributed by atoms with van der Waals surface area (Å²) in [5, 5.41) is 8.80. The second-order valence-electron chi connectivity index (χ2n) is 3.42. The zero-order valence-corrected chi connectivity index (χ0v) is 10.4. The number of carbonyl (C=O) groups is 1. The van der Waals surface area contributed by atoms with Crippen LogP contribution in [0.5, 0.6) is 0 Å². The molecule has 86 valence electrons. The summed E-state index contributed by atoms with van der Waals surface area (Å²) >= 11 is 4.41. The minimum atomic E-state index is -0.961. The lowest BCUT2D eigenvalue weighted by Crippen LogP contribution is -2.49. The maximum Gasteiger partial charge on any atom is 0.321 e. The number of rotatable bonds is 6. The fourth-order valence-electron chi connectivity index (χ4n) is 1.53. The molecule has 0 fully saturated rings. The summed E-state index contributed by atoms with van der Waals surface area (Å²) in [6.07, 6.45) is 3.31. The molecule has 0 saturated heterocycles. The van der Waals surface area contributed by atoms with Crippen LogP contribution in [-0.2, 0) is 4.79 Å². The molecule has 3 N–H and O–H groups in total. The Morgan fingerprint density at radius 2 is 1.79 bits per heavy atom. The molecule has 0 aromatic carbocycles. The Balaban J connectivity index is 0. The van der Waals surface area contributed by atoms with Gasteiger partial charge in [0.05, 0.1) is 0 Å². The van der Waals surface area contributed by atoms with Crippen LogP contribution in [0.15, 0.2) is 0 Å². The van der Waals surface area contributed by atoms with Crippen LogP contribution in [0, 0.1) is 0 Å². The van der Waals surface area contributed by atoms with Crippen molar-refractivity contribution in [2.24, 2.45) is 5.73 Å². The highest BCUT2D eigenvalue weighted by molar-refractivity contribution is 7.82. The highest BCUT2D eigenvalue weighted by Crippen LogP contribution is 2.29. The maximum atomic E-state index is 10.7. The van der Waals surface area contributed by atoms with Gasteiger partial charge in [0.1, 0.15) is 6.04 Å². The molecule has 1 unspecified atom stereocenters. The third-order valence-electron chi connectivity index (χ3n) is 2.21. The summed E-state index contributed by atoms with van der Waals surface area (Å²) in [7, 11) is 0. The predicted molar refractivity (Wildman–Crippen MR) is 64.4 cm³/mol. The van der Waals surface area contributed by atoms with Crippen molar-refractivity contribution in [3.63, 3.8) is 0 Å². The molecule has 0 amide bonds. The Hall–Kier alpha value is 0.0700. The minimum Gasteiger partial charge on any atom is -0.480 e. The molecule has 0 aliphatic carbocycles. The standard InChI is InChI=1S/C9H19NO2S.ClH/c1-3-5-9(13,6-4-2)7(10)8(11)12;/h7,13H,3-6,10H2,1-2H3,(H,11,12);1H. The molecule has 0 rings (SSSR count). The first-order valence-corrected chi connectivity index (χ1v) is 5.13. The Morgan fingerprint density at radius 3 is 2.00 bits per heavy atom. The van der Waals surface area contributed by atoms with E-state index in [4.69, 9.17) is 10.8 Å². The van der Waals surface area contributed by atoms with Crippen LogP contribution < -0.4 is 5.73 Å². The van der Waals surface area contributed by atoms with Gasteiger partial charge in [0.2, 0.25) is 0 Å². The summed E-state index contributed by atoms with van der Waals surface area (Å²) in [4.78, 5) is 10.7. The van der Waals surface area contributed by atoms with E-state index in [-0.39, 0.29) is 12.4 Å². The highest BCUT2D eigenvalue weighted by atomic mass is 35.5. The maximum absolute atomic E-state index is 10.7. The molecule has 1 atom stereocenters. The molecule has 0 aliphatic rings. The van der Waals surface area contributed by atoms with Crippen LogP contribution in [-0.4, -0.2) is 21.9 Å². The van der Waals surface area contributed by atoms with Crippen molar-refractivity contribution in [2.45, 2.75) is 50.3 Å². The van der Waals surface area contributed by atoms with Crippen LogP contribution in [0.25, 0.3) is 0 Å². The zero-order chi connectivity index (χ0) is 10.5. The highest BCUT2D eigenvalue weighted by Gasteiger charge is 2.35. The number of halogens is 1. The lowest BCUT2D eigenvalue weighted by molar-refractivity contribution is -0.139. The second kappa shape index (κ2) is 7.37. The molecule has 5 heteroatoms. The average molecular weight is 242 g/mol. The smallest absolute Gasteiger partial charge is 0.321 e. The van der Waals surface area contributed by atoms with Crippen molar-refractivity contribution in [1.82, 2.24) is 0 Å². The van der Waals surface area contributed by atoms with E-state index in [1.165, 1.54) is 0 Å². The molecule has 0 aromatic heterocycles. The number of aliphatic carboxylic acids is 1. The Morgan fingerprint density at radius 1 is 1.43 bits per heavy atom. The number of hydrogen-bond donors (Lipinski definition) is 3. The van der Waals surface area contributed by atoms with Gasteiger partial charge in [-0.2, -0.15) is 12.6 Å². The number of nitrogens with two attached hydrogens (primary N) is 1. The second-order valence-corrected chi connectivity index (χ2v) is 4.31. The molecular weight excluding hydrogens is 222 g/mol. The molecule has 0 aromatic rings. The van der Waals surface area contributed by atoms with Crippen molar-refractivity contribution in [3.8, 4) is 0 Å². The lowest BCUT2D eigenvalue weighted by Gasteiger charge is -2.31. The van der Waals surface area contributed by atoms with E-state index in [1.807, 2.05) is 13.8 Å². The first kappa shape index (κ1) is 16.5. The molecule has 0 aliphatic heterocycles. The van der Waals surface area contributed by atoms with Crippen molar-refractivity contribution < 1.29 is 9.90 Å². The molecule has 0 spiro atoms.